The van der Waals surface area contributed by atoms with Gasteiger partial charge in [-0.1, -0.05) is 46.3 Å². The third kappa shape index (κ3) is 3.80. The van der Waals surface area contributed by atoms with E-state index >= 15 is 0 Å². The fourth-order valence-corrected chi connectivity index (χ4v) is 2.93. The van der Waals surface area contributed by atoms with Gasteiger partial charge in [0.1, 0.15) is 12.4 Å². The van der Waals surface area contributed by atoms with E-state index in [4.69, 9.17) is 4.74 Å². The Hall–Kier alpha value is -2.01. The van der Waals surface area contributed by atoms with Crippen molar-refractivity contribution in [2.75, 3.05) is 6.61 Å². The summed E-state index contributed by atoms with van der Waals surface area (Å²) >= 11 is 3.42. The highest BCUT2D eigenvalue weighted by atomic mass is 79.9. The van der Waals surface area contributed by atoms with Crippen molar-refractivity contribution in [3.8, 4) is 5.75 Å². The zero-order valence-electron chi connectivity index (χ0n) is 12.0. The van der Waals surface area contributed by atoms with Crippen molar-refractivity contribution >= 4 is 22.0 Å². The molecule has 2 N–H and O–H groups in total. The van der Waals surface area contributed by atoms with Crippen LogP contribution in [0.2, 0.25) is 0 Å². The summed E-state index contributed by atoms with van der Waals surface area (Å²) < 4.78 is 6.67. The lowest BCUT2D eigenvalue weighted by Gasteiger charge is -2.26. The Balaban J connectivity index is 1.50. The van der Waals surface area contributed by atoms with E-state index in [2.05, 4.69) is 26.6 Å². The van der Waals surface area contributed by atoms with E-state index in [1.54, 1.807) is 0 Å². The number of urea groups is 1. The predicted molar refractivity (Wildman–Crippen MR) is 88.9 cm³/mol. The summed E-state index contributed by atoms with van der Waals surface area (Å²) in [7, 11) is 0. The first-order chi connectivity index (χ1) is 10.7. The van der Waals surface area contributed by atoms with Crippen LogP contribution in [0.3, 0.4) is 0 Å². The van der Waals surface area contributed by atoms with Gasteiger partial charge in [-0.25, -0.2) is 4.79 Å². The quantitative estimate of drug-likeness (QED) is 0.882. The van der Waals surface area contributed by atoms with Gasteiger partial charge >= 0.3 is 6.03 Å². The Morgan fingerprint density at radius 2 is 2.09 bits per heavy atom. The van der Waals surface area contributed by atoms with Gasteiger partial charge in [-0.2, -0.15) is 0 Å². The molecule has 1 aliphatic rings. The summed E-state index contributed by atoms with van der Waals surface area (Å²) in [6, 6.07) is 15.6. The molecule has 2 aromatic rings. The van der Waals surface area contributed by atoms with E-state index in [9.17, 15) is 4.79 Å². The number of hydrogen-bond donors (Lipinski definition) is 2. The third-order valence-electron chi connectivity index (χ3n) is 3.56. The summed E-state index contributed by atoms with van der Waals surface area (Å²) in [5, 5.41) is 5.83. The molecule has 4 nitrogen and oxygen atoms in total. The molecule has 0 unspecified atom stereocenters. The third-order valence-corrected chi connectivity index (χ3v) is 4.05. The number of amides is 2. The van der Waals surface area contributed by atoms with E-state index in [0.717, 1.165) is 27.8 Å². The summed E-state index contributed by atoms with van der Waals surface area (Å²) in [6.45, 7) is 0.997. The van der Waals surface area contributed by atoms with Gasteiger partial charge in [0.2, 0.25) is 0 Å². The Morgan fingerprint density at radius 3 is 2.95 bits per heavy atom. The zero-order valence-corrected chi connectivity index (χ0v) is 13.6. The van der Waals surface area contributed by atoms with Crippen LogP contribution in [-0.2, 0) is 13.0 Å². The lowest BCUT2D eigenvalue weighted by Crippen LogP contribution is -2.47. The van der Waals surface area contributed by atoms with Gasteiger partial charge < -0.3 is 15.4 Å². The van der Waals surface area contributed by atoms with Crippen LogP contribution in [0, 0.1) is 0 Å². The molecule has 2 amide bonds. The number of benzene rings is 2. The van der Waals surface area contributed by atoms with Crippen molar-refractivity contribution < 1.29 is 9.53 Å². The molecule has 0 bridgehead atoms. The first-order valence-corrected chi connectivity index (χ1v) is 7.99. The maximum absolute atomic E-state index is 12.0. The van der Waals surface area contributed by atoms with Gasteiger partial charge in [-0.15, -0.1) is 0 Å². The topological polar surface area (TPSA) is 50.4 Å². The first-order valence-electron chi connectivity index (χ1n) is 7.20. The van der Waals surface area contributed by atoms with Crippen molar-refractivity contribution in [1.82, 2.24) is 10.6 Å². The van der Waals surface area contributed by atoms with Gasteiger partial charge in [0.15, 0.2) is 0 Å². The fraction of sp³-hybridized carbons (Fsp3) is 0.235. The minimum absolute atomic E-state index is 0.00240. The van der Waals surface area contributed by atoms with Crippen molar-refractivity contribution in [1.29, 1.82) is 0 Å². The van der Waals surface area contributed by atoms with Gasteiger partial charge in [-0.3, -0.25) is 0 Å². The Labute approximate surface area is 138 Å². The Bertz CT molecular complexity index is 675. The smallest absolute Gasteiger partial charge is 0.315 e. The maximum Gasteiger partial charge on any atom is 0.315 e. The lowest BCUT2D eigenvalue weighted by molar-refractivity contribution is 0.214. The summed E-state index contributed by atoms with van der Waals surface area (Å²) in [5.41, 5.74) is 2.18. The fourth-order valence-electron chi connectivity index (χ4n) is 2.49. The van der Waals surface area contributed by atoms with Crippen LogP contribution in [0.5, 0.6) is 5.75 Å². The number of halogens is 1. The molecule has 0 radical (unpaired) electrons. The van der Waals surface area contributed by atoms with Crippen molar-refractivity contribution in [2.45, 2.75) is 19.0 Å². The number of carbonyl (C=O) groups excluding carboxylic acids is 1. The van der Waals surface area contributed by atoms with E-state index in [0.29, 0.717) is 13.2 Å². The van der Waals surface area contributed by atoms with E-state index in [-0.39, 0.29) is 12.1 Å². The van der Waals surface area contributed by atoms with E-state index in [1.165, 1.54) is 0 Å². The van der Waals surface area contributed by atoms with Gasteiger partial charge in [-0.05, 0) is 35.7 Å². The molecule has 1 aliphatic heterocycles. The van der Waals surface area contributed by atoms with Gasteiger partial charge in [0.25, 0.3) is 0 Å². The molecule has 0 aromatic heterocycles. The van der Waals surface area contributed by atoms with Crippen LogP contribution in [0.25, 0.3) is 0 Å². The molecule has 1 atom stereocenters. The SMILES string of the molecule is O=C(NCc1cccc(Br)c1)N[C@H]1COc2ccccc2C1. The number of carbonyl (C=O) groups is 1. The number of ether oxygens (including phenoxy) is 1. The minimum Gasteiger partial charge on any atom is -0.491 e. The summed E-state index contributed by atoms with van der Waals surface area (Å²) in [5.74, 6) is 0.912. The van der Waals surface area contributed by atoms with Crippen molar-refractivity contribution in [3.05, 3.63) is 64.1 Å². The summed E-state index contributed by atoms with van der Waals surface area (Å²) in [4.78, 5) is 12.0. The molecule has 2 aromatic carbocycles. The highest BCUT2D eigenvalue weighted by Gasteiger charge is 2.20. The highest BCUT2D eigenvalue weighted by Crippen LogP contribution is 2.23. The number of fused-ring (bicyclic) bond motifs is 1. The highest BCUT2D eigenvalue weighted by molar-refractivity contribution is 9.10. The first kappa shape index (κ1) is 14.9. The van der Waals surface area contributed by atoms with Crippen LogP contribution in [0.1, 0.15) is 11.1 Å². The Morgan fingerprint density at radius 1 is 1.23 bits per heavy atom. The number of nitrogens with one attached hydrogen (secondary N) is 2. The molecule has 0 aliphatic carbocycles. The van der Waals surface area contributed by atoms with Crippen LogP contribution in [0.4, 0.5) is 4.79 Å². The number of hydrogen-bond acceptors (Lipinski definition) is 2. The number of rotatable bonds is 3. The standard InChI is InChI=1S/C17H17BrN2O2/c18-14-6-3-4-12(8-14)10-19-17(21)20-15-9-13-5-1-2-7-16(13)22-11-15/h1-8,15H,9-11H2,(H2,19,20,21)/t15-/m1/s1. The van der Waals surface area contributed by atoms with Gasteiger partial charge in [0, 0.05) is 11.0 Å². The van der Waals surface area contributed by atoms with Crippen molar-refractivity contribution in [2.24, 2.45) is 0 Å². The average Bonchev–Trinajstić information content (AvgIpc) is 2.53. The molecule has 1 heterocycles. The van der Waals surface area contributed by atoms with Gasteiger partial charge in [0.05, 0.1) is 6.04 Å². The van der Waals surface area contributed by atoms with Crippen LogP contribution < -0.4 is 15.4 Å². The second kappa shape index (κ2) is 6.83. The molecule has 0 spiro atoms. The summed E-state index contributed by atoms with van der Waals surface area (Å²) in [6.07, 6.45) is 0.792. The molecule has 5 heteroatoms. The largest absolute Gasteiger partial charge is 0.491 e. The predicted octanol–water partition coefficient (Wildman–Crippen LogP) is 3.25. The molecule has 0 saturated carbocycles. The van der Waals surface area contributed by atoms with Crippen LogP contribution >= 0.6 is 15.9 Å². The lowest BCUT2D eigenvalue weighted by atomic mass is 10.0. The van der Waals surface area contributed by atoms with E-state index in [1.807, 2.05) is 48.5 Å². The normalized spacial score (nSPS) is 16.3. The maximum atomic E-state index is 12.0. The molecule has 0 fully saturated rings. The molecule has 0 saturated heterocycles. The average molecular weight is 361 g/mol. The zero-order chi connectivity index (χ0) is 15.4. The Kier molecular flexibility index (Phi) is 4.63. The van der Waals surface area contributed by atoms with Crippen molar-refractivity contribution in [3.63, 3.8) is 0 Å². The molecule has 3 rings (SSSR count). The molecule has 114 valence electrons. The second-order valence-corrected chi connectivity index (χ2v) is 6.19. The monoisotopic (exact) mass is 360 g/mol. The molecule has 22 heavy (non-hydrogen) atoms. The molecular weight excluding hydrogens is 344 g/mol. The number of para-hydroxylation sites is 1. The van der Waals surface area contributed by atoms with Crippen LogP contribution in [0.15, 0.2) is 53.0 Å². The minimum atomic E-state index is -0.173. The second-order valence-electron chi connectivity index (χ2n) is 5.28. The molecular formula is C17H17BrN2O2. The van der Waals surface area contributed by atoms with E-state index < -0.39 is 0 Å². The van der Waals surface area contributed by atoms with Crippen LogP contribution in [-0.4, -0.2) is 18.7 Å².